The number of azo groups is 1. The molecule has 3 rings (SSSR count). The third-order valence-electron chi connectivity index (χ3n) is 3.38. The van der Waals surface area contributed by atoms with Gasteiger partial charge in [-0.05, 0) is 67.6 Å². The SMILES string of the molecule is Cc1ccc(C#Cc2ccc(N=Nc3ccc(Br)cc3)cc2)cc1. The highest BCUT2D eigenvalue weighted by atomic mass is 79.9. The van der Waals surface area contributed by atoms with Crippen molar-refractivity contribution in [1.82, 2.24) is 0 Å². The van der Waals surface area contributed by atoms with Crippen LogP contribution in [0, 0.1) is 18.8 Å². The highest BCUT2D eigenvalue weighted by Gasteiger charge is 1.93. The van der Waals surface area contributed by atoms with Crippen LogP contribution in [0.4, 0.5) is 11.4 Å². The average Bonchev–Trinajstić information content (AvgIpc) is 2.62. The standard InChI is InChI=1S/C21H15BrN2/c1-16-2-4-17(5-3-16)6-7-18-8-12-20(13-9-18)23-24-21-14-10-19(22)11-15-21/h2-5,8-15H,1H3. The lowest BCUT2D eigenvalue weighted by atomic mass is 10.1. The zero-order valence-corrected chi connectivity index (χ0v) is 14.8. The molecule has 0 bridgehead atoms. The summed E-state index contributed by atoms with van der Waals surface area (Å²) in [7, 11) is 0. The van der Waals surface area contributed by atoms with Crippen molar-refractivity contribution in [2.45, 2.75) is 6.92 Å². The summed E-state index contributed by atoms with van der Waals surface area (Å²) in [6.07, 6.45) is 0. The molecule has 24 heavy (non-hydrogen) atoms. The molecule has 0 fully saturated rings. The van der Waals surface area contributed by atoms with Gasteiger partial charge in [-0.1, -0.05) is 45.5 Å². The molecule has 0 aliphatic heterocycles. The van der Waals surface area contributed by atoms with Gasteiger partial charge in [-0.15, -0.1) is 0 Å². The van der Waals surface area contributed by atoms with Gasteiger partial charge < -0.3 is 0 Å². The third-order valence-corrected chi connectivity index (χ3v) is 3.91. The zero-order chi connectivity index (χ0) is 16.8. The zero-order valence-electron chi connectivity index (χ0n) is 13.2. The predicted molar refractivity (Wildman–Crippen MR) is 102 cm³/mol. The van der Waals surface area contributed by atoms with Gasteiger partial charge in [0.25, 0.3) is 0 Å². The van der Waals surface area contributed by atoms with Crippen LogP contribution in [0.1, 0.15) is 16.7 Å². The molecule has 2 nitrogen and oxygen atoms in total. The molecule has 3 aromatic carbocycles. The van der Waals surface area contributed by atoms with Gasteiger partial charge in [-0.2, -0.15) is 10.2 Å². The number of hydrogen-bond acceptors (Lipinski definition) is 2. The molecule has 0 radical (unpaired) electrons. The molecule has 3 aromatic rings. The van der Waals surface area contributed by atoms with E-state index in [-0.39, 0.29) is 0 Å². The van der Waals surface area contributed by atoms with Gasteiger partial charge in [0.05, 0.1) is 11.4 Å². The van der Waals surface area contributed by atoms with E-state index in [1.807, 2.05) is 60.7 Å². The Hall–Kier alpha value is -2.70. The minimum Gasteiger partial charge on any atom is -0.151 e. The largest absolute Gasteiger partial charge is 0.151 e. The van der Waals surface area contributed by atoms with Gasteiger partial charge in [0.2, 0.25) is 0 Å². The smallest absolute Gasteiger partial charge is 0.0857 e. The predicted octanol–water partition coefficient (Wildman–Crippen LogP) is 6.57. The molecule has 3 heteroatoms. The molecule has 0 saturated carbocycles. The topological polar surface area (TPSA) is 24.7 Å². The number of benzene rings is 3. The lowest BCUT2D eigenvalue weighted by Gasteiger charge is -1.95. The lowest BCUT2D eigenvalue weighted by Crippen LogP contribution is -1.76. The van der Waals surface area contributed by atoms with Gasteiger partial charge in [-0.3, -0.25) is 0 Å². The van der Waals surface area contributed by atoms with Crippen molar-refractivity contribution in [3.63, 3.8) is 0 Å². The molecule has 0 N–H and O–H groups in total. The molecular formula is C21H15BrN2. The molecule has 116 valence electrons. The Morgan fingerprint density at radius 1 is 0.625 bits per heavy atom. The van der Waals surface area contributed by atoms with Crippen LogP contribution in [0.5, 0.6) is 0 Å². The second kappa shape index (κ2) is 7.72. The maximum atomic E-state index is 4.24. The summed E-state index contributed by atoms with van der Waals surface area (Å²) in [6.45, 7) is 2.07. The van der Waals surface area contributed by atoms with E-state index in [1.54, 1.807) is 0 Å². The minimum absolute atomic E-state index is 0.804. The molecule has 0 aliphatic rings. The normalized spacial score (nSPS) is 10.4. The van der Waals surface area contributed by atoms with Crippen molar-refractivity contribution in [3.8, 4) is 11.8 Å². The van der Waals surface area contributed by atoms with Crippen molar-refractivity contribution < 1.29 is 0 Å². The van der Waals surface area contributed by atoms with E-state index < -0.39 is 0 Å². The van der Waals surface area contributed by atoms with Crippen LogP contribution in [0.2, 0.25) is 0 Å². The number of nitrogens with zero attached hydrogens (tertiary/aromatic N) is 2. The van der Waals surface area contributed by atoms with Crippen LogP contribution in [0.25, 0.3) is 0 Å². The molecule has 0 aliphatic carbocycles. The summed E-state index contributed by atoms with van der Waals surface area (Å²) in [5, 5.41) is 8.45. The summed E-state index contributed by atoms with van der Waals surface area (Å²) in [5.41, 5.74) is 4.83. The highest BCUT2D eigenvalue weighted by molar-refractivity contribution is 9.10. The fourth-order valence-electron chi connectivity index (χ4n) is 2.02. The monoisotopic (exact) mass is 374 g/mol. The van der Waals surface area contributed by atoms with Crippen molar-refractivity contribution in [2.75, 3.05) is 0 Å². The number of aryl methyl sites for hydroxylation is 1. The van der Waals surface area contributed by atoms with Gasteiger partial charge in [0.1, 0.15) is 0 Å². The van der Waals surface area contributed by atoms with Gasteiger partial charge in [0.15, 0.2) is 0 Å². The van der Waals surface area contributed by atoms with E-state index in [0.717, 1.165) is 27.0 Å². The van der Waals surface area contributed by atoms with Crippen molar-refractivity contribution in [1.29, 1.82) is 0 Å². The van der Waals surface area contributed by atoms with Crippen LogP contribution in [-0.2, 0) is 0 Å². The maximum absolute atomic E-state index is 4.24. The Morgan fingerprint density at radius 3 is 1.54 bits per heavy atom. The minimum atomic E-state index is 0.804. The first kappa shape index (κ1) is 16.2. The van der Waals surface area contributed by atoms with E-state index in [2.05, 4.69) is 57.1 Å². The number of halogens is 1. The van der Waals surface area contributed by atoms with E-state index in [9.17, 15) is 0 Å². The number of hydrogen-bond donors (Lipinski definition) is 0. The summed E-state index contributed by atoms with van der Waals surface area (Å²) in [4.78, 5) is 0. The quantitative estimate of drug-likeness (QED) is 0.357. The van der Waals surface area contributed by atoms with E-state index >= 15 is 0 Å². The van der Waals surface area contributed by atoms with Crippen molar-refractivity contribution in [3.05, 3.63) is 94.0 Å². The molecule has 0 saturated heterocycles. The first-order valence-electron chi connectivity index (χ1n) is 7.55. The molecule has 0 aromatic heterocycles. The molecular weight excluding hydrogens is 360 g/mol. The number of rotatable bonds is 2. The lowest BCUT2D eigenvalue weighted by molar-refractivity contribution is 1.23. The molecule has 0 heterocycles. The van der Waals surface area contributed by atoms with Gasteiger partial charge >= 0.3 is 0 Å². The third kappa shape index (κ3) is 4.65. The first-order chi connectivity index (χ1) is 11.7. The summed E-state index contributed by atoms with van der Waals surface area (Å²) in [6, 6.07) is 23.6. The van der Waals surface area contributed by atoms with Crippen LogP contribution in [0.3, 0.4) is 0 Å². The second-order valence-electron chi connectivity index (χ2n) is 5.34. The summed E-state index contributed by atoms with van der Waals surface area (Å²) >= 11 is 3.40. The molecule has 0 spiro atoms. The Bertz CT molecular complexity index is 897. The fraction of sp³-hybridized carbons (Fsp3) is 0.0476. The molecule has 0 atom stereocenters. The van der Waals surface area contributed by atoms with E-state index in [0.29, 0.717) is 0 Å². The van der Waals surface area contributed by atoms with Crippen molar-refractivity contribution in [2.24, 2.45) is 10.2 Å². The Labute approximate surface area is 150 Å². The Kier molecular flexibility index (Phi) is 5.20. The van der Waals surface area contributed by atoms with Crippen LogP contribution in [-0.4, -0.2) is 0 Å². The highest BCUT2D eigenvalue weighted by Crippen LogP contribution is 2.20. The Morgan fingerprint density at radius 2 is 1.04 bits per heavy atom. The maximum Gasteiger partial charge on any atom is 0.0857 e. The van der Waals surface area contributed by atoms with Crippen LogP contribution in [0.15, 0.2) is 87.5 Å². The summed E-state index contributed by atoms with van der Waals surface area (Å²) in [5.74, 6) is 6.32. The first-order valence-corrected chi connectivity index (χ1v) is 8.34. The van der Waals surface area contributed by atoms with E-state index in [4.69, 9.17) is 0 Å². The van der Waals surface area contributed by atoms with Crippen LogP contribution >= 0.6 is 15.9 Å². The van der Waals surface area contributed by atoms with Gasteiger partial charge in [0, 0.05) is 15.6 Å². The molecule has 0 amide bonds. The average molecular weight is 375 g/mol. The Balaban J connectivity index is 1.69. The van der Waals surface area contributed by atoms with E-state index in [1.165, 1.54) is 5.56 Å². The van der Waals surface area contributed by atoms with Crippen LogP contribution < -0.4 is 0 Å². The molecule has 0 unspecified atom stereocenters. The second-order valence-corrected chi connectivity index (χ2v) is 6.25. The van der Waals surface area contributed by atoms with Gasteiger partial charge in [-0.25, -0.2) is 0 Å². The summed E-state index contributed by atoms with van der Waals surface area (Å²) < 4.78 is 1.03. The van der Waals surface area contributed by atoms with Crippen molar-refractivity contribution >= 4 is 27.3 Å². The fourth-order valence-corrected chi connectivity index (χ4v) is 2.28.